The molecule has 2 nitrogen and oxygen atoms in total. The second-order valence-corrected chi connectivity index (χ2v) is 12.7. The summed E-state index contributed by atoms with van der Waals surface area (Å²) in [6, 6.07) is 0. The van der Waals surface area contributed by atoms with Gasteiger partial charge in [0.05, 0.1) is 0 Å². The highest BCUT2D eigenvalue weighted by molar-refractivity contribution is 4.91. The lowest BCUT2D eigenvalue weighted by Crippen LogP contribution is -2.49. The molecule has 0 radical (unpaired) electrons. The van der Waals surface area contributed by atoms with Crippen LogP contribution in [-0.2, 0) is 0 Å². The summed E-state index contributed by atoms with van der Waals surface area (Å²) in [5, 5.41) is 0. The minimum atomic E-state index is 0.967. The molecule has 0 aromatic heterocycles. The largest absolute Gasteiger partial charge is 0.303 e. The van der Waals surface area contributed by atoms with E-state index in [2.05, 4.69) is 22.0 Å². The summed E-state index contributed by atoms with van der Waals surface area (Å²) < 4.78 is 0. The Kier molecular flexibility index (Phi) is 12.3. The summed E-state index contributed by atoms with van der Waals surface area (Å²) in [5.41, 5.74) is 0. The van der Waals surface area contributed by atoms with Crippen molar-refractivity contribution in [2.45, 2.75) is 128 Å². The number of hydrogen-bond donors (Lipinski definition) is 0. The summed E-state index contributed by atoms with van der Waals surface area (Å²) in [7, 11) is 0. The van der Waals surface area contributed by atoms with Gasteiger partial charge in [0.15, 0.2) is 0 Å². The molecule has 196 valence electrons. The molecular weight excluding hydrogens is 412 g/mol. The average molecular weight is 471 g/mol. The van der Waals surface area contributed by atoms with Crippen molar-refractivity contribution in [3.8, 4) is 0 Å². The van der Waals surface area contributed by atoms with Gasteiger partial charge in [0, 0.05) is 19.6 Å². The molecule has 0 aromatic carbocycles. The zero-order chi connectivity index (χ0) is 23.3. The van der Waals surface area contributed by atoms with E-state index in [1.165, 1.54) is 161 Å². The van der Waals surface area contributed by atoms with Crippen LogP contribution in [0.1, 0.15) is 128 Å². The minimum absolute atomic E-state index is 0.967. The zero-order valence-corrected chi connectivity index (χ0v) is 22.7. The van der Waals surface area contributed by atoms with Gasteiger partial charge in [-0.2, -0.15) is 0 Å². The molecule has 0 saturated carbocycles. The second-order valence-electron chi connectivity index (χ2n) is 12.7. The van der Waals surface area contributed by atoms with Gasteiger partial charge in [-0.25, -0.2) is 0 Å². The lowest BCUT2D eigenvalue weighted by Gasteiger charge is -2.47. The average Bonchev–Trinajstić information content (AvgIpc) is 2.85. The molecule has 0 spiro atoms. The van der Waals surface area contributed by atoms with Crippen LogP contribution in [0.3, 0.4) is 0 Å². The fourth-order valence-corrected chi connectivity index (χ4v) is 7.99. The molecule has 5 aliphatic rings. The topological polar surface area (TPSA) is 6.48 Å². The fraction of sp³-hybridized carbons (Fsp3) is 0.938. The number of allylic oxidation sites excluding steroid dienone is 2. The molecule has 6 atom stereocenters. The van der Waals surface area contributed by atoms with Crippen molar-refractivity contribution in [1.82, 2.24) is 9.80 Å². The summed E-state index contributed by atoms with van der Waals surface area (Å²) in [6.07, 6.45) is 34.1. The zero-order valence-electron chi connectivity index (χ0n) is 22.7. The maximum absolute atomic E-state index is 2.95. The molecule has 2 heteroatoms. The van der Waals surface area contributed by atoms with Gasteiger partial charge in [-0.05, 0) is 108 Å². The van der Waals surface area contributed by atoms with Crippen molar-refractivity contribution in [3.63, 3.8) is 0 Å². The van der Waals surface area contributed by atoms with Crippen LogP contribution < -0.4 is 0 Å². The summed E-state index contributed by atoms with van der Waals surface area (Å²) in [5.74, 6) is 3.94. The molecule has 5 rings (SSSR count). The highest BCUT2D eigenvalue weighted by Crippen LogP contribution is 2.40. The molecule has 34 heavy (non-hydrogen) atoms. The first kappa shape index (κ1) is 26.7. The predicted octanol–water partition coefficient (Wildman–Crippen LogP) is 8.47. The standard InChI is InChI=1S/C32H58N2/c1-2-5-10-14-18-23-34-26-29-19-15-11-7-4-6-9-13-17-22-33-24-21-32(31(25-29)28-34)30(27-33)20-16-12-8-3-1/h1,3,29-32H,2,4-28H2/b3-1-/t29-,30+,31+,32-/m1/s1. The molecule has 6 bridgehead atoms. The Morgan fingerprint density at radius 2 is 1.03 bits per heavy atom. The SMILES string of the molecule is C1=C\CCCC[C@H]2CN3CCCCCCCCCC[C@@H]4C[C@@H](CN(CCCCCC/1)C4)[C@@H]2CC3. The number of nitrogens with zero attached hydrogens (tertiary/aromatic N) is 2. The van der Waals surface area contributed by atoms with E-state index in [1.807, 2.05) is 0 Å². The minimum Gasteiger partial charge on any atom is -0.303 e. The molecular formula is C32H58N2. The Morgan fingerprint density at radius 1 is 0.441 bits per heavy atom. The normalized spacial score (nSPS) is 39.3. The monoisotopic (exact) mass is 470 g/mol. The van der Waals surface area contributed by atoms with Crippen molar-refractivity contribution in [1.29, 1.82) is 0 Å². The number of rotatable bonds is 0. The van der Waals surface area contributed by atoms with Crippen LogP contribution >= 0.6 is 0 Å². The van der Waals surface area contributed by atoms with Crippen molar-refractivity contribution in [3.05, 3.63) is 12.2 Å². The molecule has 5 heterocycles. The molecule has 0 N–H and O–H groups in total. The van der Waals surface area contributed by atoms with E-state index in [0.717, 1.165) is 23.7 Å². The van der Waals surface area contributed by atoms with Gasteiger partial charge in [0.25, 0.3) is 0 Å². The Morgan fingerprint density at radius 3 is 1.82 bits per heavy atom. The maximum atomic E-state index is 2.95. The summed E-state index contributed by atoms with van der Waals surface area (Å²) in [4.78, 5) is 5.84. The van der Waals surface area contributed by atoms with Gasteiger partial charge in [0.1, 0.15) is 0 Å². The van der Waals surface area contributed by atoms with Crippen molar-refractivity contribution < 1.29 is 0 Å². The van der Waals surface area contributed by atoms with Crippen LogP contribution in [0.25, 0.3) is 0 Å². The summed E-state index contributed by atoms with van der Waals surface area (Å²) in [6.45, 7) is 8.42. The second kappa shape index (κ2) is 15.7. The number of fused-ring (bicyclic) bond motifs is 11. The van der Waals surface area contributed by atoms with Crippen LogP contribution in [0.2, 0.25) is 0 Å². The first-order valence-corrected chi connectivity index (χ1v) is 16.0. The van der Waals surface area contributed by atoms with Crippen LogP contribution in [-0.4, -0.2) is 49.1 Å². The Balaban J connectivity index is 1.46. The van der Waals surface area contributed by atoms with E-state index in [0.29, 0.717) is 0 Å². The Hall–Kier alpha value is -0.340. The highest BCUT2D eigenvalue weighted by Gasteiger charge is 2.38. The lowest BCUT2D eigenvalue weighted by atomic mass is 9.69. The van der Waals surface area contributed by atoms with E-state index in [4.69, 9.17) is 0 Å². The molecule has 0 aromatic rings. The number of piperidine rings is 2. The number of hydrogen-bond acceptors (Lipinski definition) is 2. The van der Waals surface area contributed by atoms with E-state index >= 15 is 0 Å². The van der Waals surface area contributed by atoms with Crippen LogP contribution in [0.5, 0.6) is 0 Å². The third kappa shape index (κ3) is 9.27. The van der Waals surface area contributed by atoms with E-state index in [1.54, 1.807) is 6.42 Å². The molecule has 4 saturated heterocycles. The third-order valence-electron chi connectivity index (χ3n) is 9.92. The van der Waals surface area contributed by atoms with E-state index < -0.39 is 0 Å². The first-order valence-electron chi connectivity index (χ1n) is 16.0. The van der Waals surface area contributed by atoms with Crippen LogP contribution in [0.4, 0.5) is 0 Å². The van der Waals surface area contributed by atoms with Gasteiger partial charge in [0.2, 0.25) is 0 Å². The van der Waals surface area contributed by atoms with Gasteiger partial charge in [-0.15, -0.1) is 0 Å². The van der Waals surface area contributed by atoms with Crippen molar-refractivity contribution in [2.24, 2.45) is 23.7 Å². The summed E-state index contributed by atoms with van der Waals surface area (Å²) >= 11 is 0. The Bertz CT molecular complexity index is 557. The van der Waals surface area contributed by atoms with E-state index in [-0.39, 0.29) is 0 Å². The maximum Gasteiger partial charge on any atom is 0.00127 e. The molecule has 5 aliphatic heterocycles. The molecule has 4 fully saturated rings. The predicted molar refractivity (Wildman–Crippen MR) is 148 cm³/mol. The van der Waals surface area contributed by atoms with Gasteiger partial charge >= 0.3 is 0 Å². The first-order chi connectivity index (χ1) is 16.9. The fourth-order valence-electron chi connectivity index (χ4n) is 7.99. The van der Waals surface area contributed by atoms with E-state index in [9.17, 15) is 0 Å². The van der Waals surface area contributed by atoms with Crippen LogP contribution in [0.15, 0.2) is 12.2 Å². The molecule has 0 amide bonds. The van der Waals surface area contributed by atoms with Crippen molar-refractivity contribution >= 4 is 0 Å². The molecule has 2 unspecified atom stereocenters. The third-order valence-corrected chi connectivity index (χ3v) is 9.92. The lowest BCUT2D eigenvalue weighted by molar-refractivity contribution is 0.0185. The smallest absolute Gasteiger partial charge is 0.00127 e. The quantitative estimate of drug-likeness (QED) is 0.328. The van der Waals surface area contributed by atoms with Crippen molar-refractivity contribution in [2.75, 3.05) is 39.3 Å². The Labute approximate surface area is 213 Å². The van der Waals surface area contributed by atoms with Gasteiger partial charge < -0.3 is 9.80 Å². The van der Waals surface area contributed by atoms with Crippen LogP contribution in [0, 0.1) is 23.7 Å². The molecule has 0 aliphatic carbocycles. The highest BCUT2D eigenvalue weighted by atomic mass is 15.1. The van der Waals surface area contributed by atoms with Gasteiger partial charge in [-0.1, -0.05) is 76.4 Å². The van der Waals surface area contributed by atoms with Gasteiger partial charge in [-0.3, -0.25) is 0 Å².